The van der Waals surface area contributed by atoms with E-state index in [4.69, 9.17) is 9.47 Å². The van der Waals surface area contributed by atoms with Crippen LogP contribution >= 0.6 is 0 Å². The molecule has 8 heteroatoms. The number of rotatable bonds is 17. The molecule has 0 saturated heterocycles. The number of H-pyrrole nitrogens is 2. The van der Waals surface area contributed by atoms with Crippen molar-refractivity contribution >= 4 is 16.6 Å². The molecular weight excluding hydrogens is 652 g/mol. The van der Waals surface area contributed by atoms with Crippen LogP contribution in [0.4, 0.5) is 0 Å². The molecule has 3 atom stereocenters. The summed E-state index contributed by atoms with van der Waals surface area (Å²) in [6.07, 6.45) is 9.91. The Morgan fingerprint density at radius 2 is 1.42 bits per heavy atom. The number of nitrogens with one attached hydrogen (secondary N) is 2. The van der Waals surface area contributed by atoms with Crippen molar-refractivity contribution in [2.45, 2.75) is 58.0 Å². The van der Waals surface area contributed by atoms with E-state index in [1.54, 1.807) is 31.4 Å². The zero-order valence-electron chi connectivity index (χ0n) is 30.1. The Kier molecular flexibility index (Phi) is 11.7. The number of Topliss-reactive ketones (excluding diaryl/α,β-unsaturated/α-hetero) is 1. The Balaban J connectivity index is 1.32. The van der Waals surface area contributed by atoms with Crippen LogP contribution < -0.4 is 9.47 Å². The molecule has 5 N–H and O–H groups in total. The summed E-state index contributed by atoms with van der Waals surface area (Å²) in [6.45, 7) is 2.15. The normalized spacial score (nSPS) is 13.2. The fourth-order valence-electron chi connectivity index (χ4n) is 7.52. The van der Waals surface area contributed by atoms with E-state index in [-0.39, 0.29) is 29.6 Å². The molecule has 8 nitrogen and oxygen atoms in total. The molecule has 270 valence electrons. The average Bonchev–Trinajstić information content (AvgIpc) is 3.88. The van der Waals surface area contributed by atoms with E-state index in [1.165, 1.54) is 18.2 Å². The molecule has 0 bridgehead atoms. The second kappa shape index (κ2) is 16.7. The fraction of sp³-hybridized carbons (Fsp3) is 0.295. The number of hydrogen-bond donors (Lipinski definition) is 5. The summed E-state index contributed by atoms with van der Waals surface area (Å²) in [4.78, 5) is 20.4. The van der Waals surface area contributed by atoms with Crippen molar-refractivity contribution in [2.75, 3.05) is 14.2 Å². The zero-order chi connectivity index (χ0) is 36.6. The number of phenols is 2. The Bertz CT molecular complexity index is 2090. The number of aromatic amines is 2. The number of hydrogen-bond acceptors (Lipinski definition) is 6. The number of aryl methyl sites for hydroxylation is 1. The number of benzene rings is 4. The van der Waals surface area contributed by atoms with E-state index < -0.39 is 12.0 Å². The third kappa shape index (κ3) is 8.35. The molecule has 52 heavy (non-hydrogen) atoms. The molecule has 0 spiro atoms. The number of carbonyl (C=O) groups is 1. The van der Waals surface area contributed by atoms with Crippen LogP contribution in [0.15, 0.2) is 104 Å². The summed E-state index contributed by atoms with van der Waals surface area (Å²) in [7, 11) is 3.08. The second-order valence-corrected chi connectivity index (χ2v) is 13.7. The van der Waals surface area contributed by atoms with Gasteiger partial charge in [-0.15, -0.1) is 0 Å². The number of phenolic OH excluding ortho intramolecular Hbond substituents is 2. The number of fused-ring (bicyclic) bond motifs is 1. The van der Waals surface area contributed by atoms with Gasteiger partial charge in [0.05, 0.1) is 20.3 Å². The standard InChI is InChI=1S/C44H48N2O6/c1-4-31-10-11-32-7-5-6-8-36(32)37(31)24-38-33(12-14-40(48)44(38)52-3)23-35(21-30-16-18-46-27-30)42(50)25-41(49)34(20-29-15-17-45-26-29)19-28-9-13-39(47)43(22-28)51-2/h5-18,22,26-27,34-35,42,45-48,50H,4,19-21,23-25H2,1-3H3/t34-,35-,42+/m0/s1. The lowest BCUT2D eigenvalue weighted by atomic mass is 9.81. The molecule has 0 unspecified atom stereocenters. The molecule has 6 aromatic rings. The van der Waals surface area contributed by atoms with E-state index in [0.29, 0.717) is 43.6 Å². The van der Waals surface area contributed by atoms with E-state index in [0.717, 1.165) is 45.0 Å². The van der Waals surface area contributed by atoms with Gasteiger partial charge >= 0.3 is 0 Å². The third-order valence-corrected chi connectivity index (χ3v) is 10.3. The summed E-state index contributed by atoms with van der Waals surface area (Å²) in [5.41, 5.74) is 7.14. The van der Waals surface area contributed by atoms with Crippen LogP contribution in [-0.2, 0) is 43.3 Å². The molecule has 2 heterocycles. The minimum Gasteiger partial charge on any atom is -0.504 e. The van der Waals surface area contributed by atoms with Crippen molar-refractivity contribution in [3.05, 3.63) is 143 Å². The average molecular weight is 701 g/mol. The Morgan fingerprint density at radius 3 is 2.12 bits per heavy atom. The van der Waals surface area contributed by atoms with Crippen molar-refractivity contribution in [3.63, 3.8) is 0 Å². The lowest BCUT2D eigenvalue weighted by Crippen LogP contribution is -2.31. The summed E-state index contributed by atoms with van der Waals surface area (Å²) in [6, 6.07) is 25.4. The maximum atomic E-state index is 14.2. The van der Waals surface area contributed by atoms with Crippen molar-refractivity contribution in [2.24, 2.45) is 11.8 Å². The highest BCUT2D eigenvalue weighted by Gasteiger charge is 2.29. The number of aromatic nitrogens is 2. The van der Waals surface area contributed by atoms with E-state index in [1.807, 2.05) is 55.1 Å². The Morgan fingerprint density at radius 1 is 0.731 bits per heavy atom. The third-order valence-electron chi connectivity index (χ3n) is 10.3. The Hall–Kier alpha value is -5.47. The quantitative estimate of drug-likeness (QED) is 0.0659. The van der Waals surface area contributed by atoms with E-state index in [2.05, 4.69) is 41.2 Å². The van der Waals surface area contributed by atoms with Gasteiger partial charge in [-0.1, -0.05) is 55.5 Å². The Labute approximate surface area is 305 Å². The topological polar surface area (TPSA) is 128 Å². The number of carbonyl (C=O) groups excluding carboxylic acids is 1. The van der Waals surface area contributed by atoms with Gasteiger partial charge in [-0.3, -0.25) is 4.79 Å². The number of methoxy groups -OCH3 is 2. The first kappa shape index (κ1) is 36.3. The predicted octanol–water partition coefficient (Wildman–Crippen LogP) is 7.90. The van der Waals surface area contributed by atoms with Crippen LogP contribution in [-0.4, -0.2) is 51.4 Å². The number of aliphatic hydroxyl groups excluding tert-OH is 1. The second-order valence-electron chi connectivity index (χ2n) is 13.7. The van der Waals surface area contributed by atoms with Crippen molar-refractivity contribution in [3.8, 4) is 23.0 Å². The summed E-state index contributed by atoms with van der Waals surface area (Å²) in [5.74, 6) is 0.131. The molecule has 0 fully saturated rings. The number of aromatic hydroxyl groups is 2. The molecule has 4 aromatic carbocycles. The fourth-order valence-corrected chi connectivity index (χ4v) is 7.52. The SMILES string of the molecule is CCc1ccc2ccccc2c1Cc1c(C[C@H](Cc2cc[nH]c2)[C@H](O)CC(=O)[C@H](Cc2cc[nH]c2)Cc2ccc(O)c(OC)c2)ccc(O)c1OC. The van der Waals surface area contributed by atoms with Crippen LogP contribution in [0.1, 0.15) is 52.3 Å². The lowest BCUT2D eigenvalue weighted by molar-refractivity contribution is -0.125. The van der Waals surface area contributed by atoms with Gasteiger partial charge in [0.25, 0.3) is 0 Å². The largest absolute Gasteiger partial charge is 0.504 e. The van der Waals surface area contributed by atoms with Crippen LogP contribution in [0.3, 0.4) is 0 Å². The molecule has 0 radical (unpaired) electrons. The number of aliphatic hydroxyl groups is 1. The summed E-state index contributed by atoms with van der Waals surface area (Å²) < 4.78 is 11.2. The maximum Gasteiger partial charge on any atom is 0.164 e. The molecule has 6 rings (SSSR count). The minimum absolute atomic E-state index is 0.0206. The maximum absolute atomic E-state index is 14.2. The highest BCUT2D eigenvalue weighted by molar-refractivity contribution is 5.87. The lowest BCUT2D eigenvalue weighted by Gasteiger charge is -2.26. The summed E-state index contributed by atoms with van der Waals surface area (Å²) >= 11 is 0. The molecule has 0 amide bonds. The smallest absolute Gasteiger partial charge is 0.164 e. The number of ketones is 1. The highest BCUT2D eigenvalue weighted by Crippen LogP contribution is 2.38. The number of ether oxygens (including phenoxy) is 2. The molecule has 0 aliphatic rings. The zero-order valence-corrected chi connectivity index (χ0v) is 30.1. The first-order valence-corrected chi connectivity index (χ1v) is 17.9. The first-order valence-electron chi connectivity index (χ1n) is 17.9. The van der Waals surface area contributed by atoms with Crippen molar-refractivity contribution < 1.29 is 29.6 Å². The first-order chi connectivity index (χ1) is 25.3. The van der Waals surface area contributed by atoms with Crippen LogP contribution in [0.2, 0.25) is 0 Å². The van der Waals surface area contributed by atoms with Crippen LogP contribution in [0.25, 0.3) is 10.8 Å². The van der Waals surface area contributed by atoms with Crippen molar-refractivity contribution in [1.29, 1.82) is 0 Å². The summed E-state index contributed by atoms with van der Waals surface area (Å²) in [5, 5.41) is 35.5. The van der Waals surface area contributed by atoms with Gasteiger partial charge in [0.15, 0.2) is 23.0 Å². The van der Waals surface area contributed by atoms with E-state index >= 15 is 0 Å². The van der Waals surface area contributed by atoms with E-state index in [9.17, 15) is 20.1 Å². The van der Waals surface area contributed by atoms with Gasteiger partial charge in [-0.25, -0.2) is 0 Å². The molecule has 0 aliphatic heterocycles. The van der Waals surface area contributed by atoms with Gasteiger partial charge in [-0.05, 0) is 113 Å². The van der Waals surface area contributed by atoms with Gasteiger partial charge in [0.1, 0.15) is 5.78 Å². The molecule has 0 saturated carbocycles. The van der Waals surface area contributed by atoms with Crippen molar-refractivity contribution in [1.82, 2.24) is 9.97 Å². The predicted molar refractivity (Wildman–Crippen MR) is 204 cm³/mol. The van der Waals surface area contributed by atoms with Gasteiger partial charge < -0.3 is 34.8 Å². The monoisotopic (exact) mass is 700 g/mol. The van der Waals surface area contributed by atoms with Crippen LogP contribution in [0.5, 0.6) is 23.0 Å². The van der Waals surface area contributed by atoms with Gasteiger partial charge in [-0.2, -0.15) is 0 Å². The minimum atomic E-state index is -0.943. The molecule has 0 aliphatic carbocycles. The van der Waals surface area contributed by atoms with Gasteiger partial charge in [0.2, 0.25) is 0 Å². The molecule has 2 aromatic heterocycles. The van der Waals surface area contributed by atoms with Crippen LogP contribution in [0, 0.1) is 11.8 Å². The molecular formula is C44H48N2O6. The van der Waals surface area contributed by atoms with Gasteiger partial charge in [0, 0.05) is 49.1 Å². The highest BCUT2D eigenvalue weighted by atomic mass is 16.5.